The molecule has 1 aromatic carbocycles. The van der Waals surface area contributed by atoms with Gasteiger partial charge in [0.1, 0.15) is 16.9 Å². The van der Waals surface area contributed by atoms with Crippen molar-refractivity contribution in [3.8, 4) is 6.07 Å². The SMILES string of the molecule is N#Cc1cccnc1N1CCCC1c1nc2ccccc2s1. The summed E-state index contributed by atoms with van der Waals surface area (Å²) in [7, 11) is 0. The summed E-state index contributed by atoms with van der Waals surface area (Å²) in [5, 5.41) is 10.4. The first kappa shape index (κ1) is 13.2. The van der Waals surface area contributed by atoms with E-state index >= 15 is 0 Å². The molecular formula is C17H14N4S. The number of fused-ring (bicyclic) bond motifs is 1. The number of thiazole rings is 1. The molecule has 0 bridgehead atoms. The molecule has 4 nitrogen and oxygen atoms in total. The molecule has 1 aliphatic rings. The van der Waals surface area contributed by atoms with Gasteiger partial charge in [0.25, 0.3) is 0 Å². The van der Waals surface area contributed by atoms with Crippen LogP contribution in [-0.4, -0.2) is 16.5 Å². The van der Waals surface area contributed by atoms with E-state index in [4.69, 9.17) is 4.98 Å². The molecule has 2 aromatic heterocycles. The van der Waals surface area contributed by atoms with Crippen molar-refractivity contribution in [2.45, 2.75) is 18.9 Å². The number of nitriles is 1. The predicted octanol–water partition coefficient (Wildman–Crippen LogP) is 3.90. The Labute approximate surface area is 132 Å². The summed E-state index contributed by atoms with van der Waals surface area (Å²) in [6.07, 6.45) is 3.91. The second-order valence-electron chi connectivity index (χ2n) is 5.36. The average Bonchev–Trinajstić information content (AvgIpc) is 3.20. The number of rotatable bonds is 2. The minimum Gasteiger partial charge on any atom is -0.346 e. The monoisotopic (exact) mass is 306 g/mol. The standard InChI is InChI=1S/C17H14N4S/c18-11-12-5-3-9-19-16(12)21-10-4-7-14(21)17-20-13-6-1-2-8-15(13)22-17/h1-3,5-6,8-9,14H,4,7,10H2. The van der Waals surface area contributed by atoms with Crippen LogP contribution in [-0.2, 0) is 0 Å². The van der Waals surface area contributed by atoms with E-state index in [1.54, 1.807) is 17.5 Å². The van der Waals surface area contributed by atoms with Gasteiger partial charge in [0, 0.05) is 12.7 Å². The van der Waals surface area contributed by atoms with Crippen molar-refractivity contribution in [2.75, 3.05) is 11.4 Å². The zero-order valence-corrected chi connectivity index (χ0v) is 12.8. The lowest BCUT2D eigenvalue weighted by Crippen LogP contribution is -2.24. The minimum atomic E-state index is 0.222. The summed E-state index contributed by atoms with van der Waals surface area (Å²) in [4.78, 5) is 11.5. The smallest absolute Gasteiger partial charge is 0.147 e. The van der Waals surface area contributed by atoms with Gasteiger partial charge in [-0.1, -0.05) is 12.1 Å². The molecule has 1 fully saturated rings. The number of anilines is 1. The largest absolute Gasteiger partial charge is 0.346 e. The molecule has 1 saturated heterocycles. The van der Waals surface area contributed by atoms with E-state index in [0.29, 0.717) is 5.56 Å². The van der Waals surface area contributed by atoms with Crippen LogP contribution in [0, 0.1) is 11.3 Å². The third-order valence-electron chi connectivity index (χ3n) is 4.03. The van der Waals surface area contributed by atoms with Crippen molar-refractivity contribution in [1.29, 1.82) is 5.26 Å². The van der Waals surface area contributed by atoms with E-state index in [-0.39, 0.29) is 6.04 Å². The molecule has 1 unspecified atom stereocenters. The molecule has 5 heteroatoms. The first-order chi connectivity index (χ1) is 10.9. The number of hydrogen-bond acceptors (Lipinski definition) is 5. The summed E-state index contributed by atoms with van der Waals surface area (Å²) < 4.78 is 1.21. The highest BCUT2D eigenvalue weighted by Crippen LogP contribution is 2.39. The number of aromatic nitrogens is 2. The maximum absolute atomic E-state index is 9.32. The van der Waals surface area contributed by atoms with Gasteiger partial charge >= 0.3 is 0 Å². The third-order valence-corrected chi connectivity index (χ3v) is 5.17. The molecule has 0 radical (unpaired) electrons. The molecule has 1 atom stereocenters. The summed E-state index contributed by atoms with van der Waals surface area (Å²) in [6, 6.07) is 14.3. The molecule has 0 amide bonds. The van der Waals surface area contributed by atoms with Gasteiger partial charge in [-0.05, 0) is 37.1 Å². The maximum atomic E-state index is 9.32. The van der Waals surface area contributed by atoms with Gasteiger partial charge < -0.3 is 4.90 Å². The van der Waals surface area contributed by atoms with Crippen LogP contribution in [0.25, 0.3) is 10.2 Å². The van der Waals surface area contributed by atoms with Gasteiger partial charge in [0.05, 0.1) is 21.8 Å². The first-order valence-corrected chi connectivity index (χ1v) is 8.16. The zero-order valence-electron chi connectivity index (χ0n) is 11.9. The lowest BCUT2D eigenvalue weighted by molar-refractivity contribution is 0.706. The van der Waals surface area contributed by atoms with Crippen molar-refractivity contribution < 1.29 is 0 Å². The van der Waals surface area contributed by atoms with Crippen molar-refractivity contribution >= 4 is 27.4 Å². The minimum absolute atomic E-state index is 0.222. The van der Waals surface area contributed by atoms with Gasteiger partial charge in [-0.25, -0.2) is 9.97 Å². The van der Waals surface area contributed by atoms with Crippen LogP contribution < -0.4 is 4.90 Å². The normalized spacial score (nSPS) is 17.8. The Morgan fingerprint density at radius 1 is 1.23 bits per heavy atom. The molecule has 3 heterocycles. The Kier molecular flexibility index (Phi) is 3.24. The average molecular weight is 306 g/mol. The summed E-state index contributed by atoms with van der Waals surface area (Å²) in [6.45, 7) is 0.923. The molecule has 0 N–H and O–H groups in total. The fourth-order valence-corrected chi connectivity index (χ4v) is 4.14. The zero-order chi connectivity index (χ0) is 14.9. The molecule has 3 aromatic rings. The summed E-state index contributed by atoms with van der Waals surface area (Å²) in [5.74, 6) is 0.784. The third kappa shape index (κ3) is 2.13. The van der Waals surface area contributed by atoms with E-state index in [2.05, 4.69) is 28.1 Å². The van der Waals surface area contributed by atoms with Gasteiger partial charge in [-0.2, -0.15) is 5.26 Å². The van der Waals surface area contributed by atoms with E-state index < -0.39 is 0 Å². The Hall–Kier alpha value is -2.45. The quantitative estimate of drug-likeness (QED) is 0.720. The lowest BCUT2D eigenvalue weighted by atomic mass is 10.2. The molecular weight excluding hydrogens is 292 g/mol. The number of pyridine rings is 1. The Balaban J connectivity index is 1.76. The fourth-order valence-electron chi connectivity index (χ4n) is 3.02. The van der Waals surface area contributed by atoms with E-state index in [1.165, 1.54) is 4.70 Å². The van der Waals surface area contributed by atoms with Crippen LogP contribution >= 0.6 is 11.3 Å². The number of hydrogen-bond donors (Lipinski definition) is 0. The lowest BCUT2D eigenvalue weighted by Gasteiger charge is -2.24. The molecule has 4 rings (SSSR count). The molecule has 108 valence electrons. The first-order valence-electron chi connectivity index (χ1n) is 7.34. The van der Waals surface area contributed by atoms with Gasteiger partial charge in [-0.15, -0.1) is 11.3 Å². The van der Waals surface area contributed by atoms with Gasteiger partial charge in [-0.3, -0.25) is 0 Å². The van der Waals surface area contributed by atoms with Crippen LogP contribution in [0.3, 0.4) is 0 Å². The van der Waals surface area contributed by atoms with E-state index in [0.717, 1.165) is 35.7 Å². The van der Waals surface area contributed by atoms with Crippen molar-refractivity contribution in [3.05, 3.63) is 53.2 Å². The van der Waals surface area contributed by atoms with Crippen LogP contribution in [0.2, 0.25) is 0 Å². The highest BCUT2D eigenvalue weighted by atomic mass is 32.1. The molecule has 22 heavy (non-hydrogen) atoms. The topological polar surface area (TPSA) is 52.8 Å². The highest BCUT2D eigenvalue weighted by molar-refractivity contribution is 7.18. The van der Waals surface area contributed by atoms with Gasteiger partial charge in [0.2, 0.25) is 0 Å². The van der Waals surface area contributed by atoms with Crippen LogP contribution in [0.5, 0.6) is 0 Å². The van der Waals surface area contributed by atoms with Crippen molar-refractivity contribution in [1.82, 2.24) is 9.97 Å². The highest BCUT2D eigenvalue weighted by Gasteiger charge is 2.31. The van der Waals surface area contributed by atoms with E-state index in [1.807, 2.05) is 24.3 Å². The molecule has 0 saturated carbocycles. The second-order valence-corrected chi connectivity index (χ2v) is 6.42. The Bertz CT molecular complexity index is 831. The number of para-hydroxylation sites is 1. The number of benzene rings is 1. The van der Waals surface area contributed by atoms with Crippen molar-refractivity contribution in [2.24, 2.45) is 0 Å². The summed E-state index contributed by atoms with van der Waals surface area (Å²) >= 11 is 1.74. The maximum Gasteiger partial charge on any atom is 0.147 e. The van der Waals surface area contributed by atoms with Crippen LogP contribution in [0.15, 0.2) is 42.6 Å². The molecule has 0 aliphatic carbocycles. The Morgan fingerprint density at radius 3 is 3.00 bits per heavy atom. The summed E-state index contributed by atoms with van der Waals surface area (Å²) in [5.41, 5.74) is 1.69. The number of nitrogens with zero attached hydrogens (tertiary/aromatic N) is 4. The fraction of sp³-hybridized carbons (Fsp3) is 0.235. The van der Waals surface area contributed by atoms with Crippen LogP contribution in [0.4, 0.5) is 5.82 Å². The molecule has 0 spiro atoms. The Morgan fingerprint density at radius 2 is 2.14 bits per heavy atom. The van der Waals surface area contributed by atoms with Crippen molar-refractivity contribution in [3.63, 3.8) is 0 Å². The molecule has 1 aliphatic heterocycles. The van der Waals surface area contributed by atoms with E-state index in [9.17, 15) is 5.26 Å². The second kappa shape index (κ2) is 5.39. The van der Waals surface area contributed by atoms with Crippen LogP contribution in [0.1, 0.15) is 29.5 Å². The van der Waals surface area contributed by atoms with Gasteiger partial charge in [0.15, 0.2) is 0 Å². The predicted molar refractivity (Wildman–Crippen MR) is 87.9 cm³/mol.